The van der Waals surface area contributed by atoms with Crippen LogP contribution in [0.5, 0.6) is 0 Å². The second-order valence-corrected chi connectivity index (χ2v) is 6.11. The van der Waals surface area contributed by atoms with E-state index in [-0.39, 0.29) is 11.8 Å². The van der Waals surface area contributed by atoms with E-state index in [4.69, 9.17) is 4.74 Å². The molecule has 3 rings (SSSR count). The number of aromatic nitrogens is 2. The van der Waals surface area contributed by atoms with Gasteiger partial charge in [0.25, 0.3) is 0 Å². The molecule has 0 fully saturated rings. The van der Waals surface area contributed by atoms with E-state index < -0.39 is 0 Å². The van der Waals surface area contributed by atoms with Crippen molar-refractivity contribution in [2.75, 3.05) is 7.11 Å². The molecule has 0 unspecified atom stereocenters. The number of fused-ring (bicyclic) bond motifs is 1. The number of allylic oxidation sites excluding steroid dienone is 1. The van der Waals surface area contributed by atoms with Gasteiger partial charge >= 0.3 is 5.97 Å². The molecular weight excluding hydrogens is 324 g/mol. The summed E-state index contributed by atoms with van der Waals surface area (Å²) in [6.07, 6.45) is 8.02. The summed E-state index contributed by atoms with van der Waals surface area (Å²) >= 11 is 1.30. The maximum absolute atomic E-state index is 12.1. The van der Waals surface area contributed by atoms with Gasteiger partial charge in [0.05, 0.1) is 7.11 Å². The van der Waals surface area contributed by atoms with Crippen LogP contribution in [0.4, 0.5) is 0 Å². The lowest BCUT2D eigenvalue weighted by atomic mass is 10.1. The Morgan fingerprint density at radius 1 is 1.29 bits per heavy atom. The normalized spacial score (nSPS) is 11.1. The summed E-state index contributed by atoms with van der Waals surface area (Å²) in [6.45, 7) is 1.86. The topological polar surface area (TPSA) is 69.2 Å². The van der Waals surface area contributed by atoms with E-state index in [0.717, 1.165) is 21.3 Å². The summed E-state index contributed by atoms with van der Waals surface area (Å²) in [4.78, 5) is 33.4. The van der Waals surface area contributed by atoms with Crippen molar-refractivity contribution in [3.63, 3.8) is 0 Å². The van der Waals surface area contributed by atoms with E-state index in [0.29, 0.717) is 10.4 Å². The molecule has 0 aromatic carbocycles. The maximum Gasteiger partial charge on any atom is 0.348 e. The van der Waals surface area contributed by atoms with Crippen LogP contribution in [0.1, 0.15) is 31.2 Å². The number of pyridine rings is 2. The van der Waals surface area contributed by atoms with Gasteiger partial charge in [-0.25, -0.2) is 9.78 Å². The minimum absolute atomic E-state index is 0.125. The number of esters is 1. The third-order valence-electron chi connectivity index (χ3n) is 3.56. The van der Waals surface area contributed by atoms with Gasteiger partial charge in [-0.2, -0.15) is 0 Å². The molecule has 0 saturated carbocycles. The first-order chi connectivity index (χ1) is 11.6. The van der Waals surface area contributed by atoms with Crippen LogP contribution in [0.2, 0.25) is 0 Å². The Morgan fingerprint density at radius 3 is 2.83 bits per heavy atom. The zero-order valence-corrected chi connectivity index (χ0v) is 14.0. The van der Waals surface area contributed by atoms with E-state index >= 15 is 0 Å². The first-order valence-corrected chi connectivity index (χ1v) is 8.01. The van der Waals surface area contributed by atoms with Gasteiger partial charge < -0.3 is 4.74 Å². The summed E-state index contributed by atoms with van der Waals surface area (Å²) in [5.41, 5.74) is 2.16. The summed E-state index contributed by atoms with van der Waals surface area (Å²) in [5, 5.41) is 0.886. The fourth-order valence-electron chi connectivity index (χ4n) is 2.27. The number of carbonyl (C=O) groups is 2. The van der Waals surface area contributed by atoms with Crippen molar-refractivity contribution >= 4 is 39.4 Å². The highest BCUT2D eigenvalue weighted by Gasteiger charge is 2.16. The fraction of sp³-hybridized carbons (Fsp3) is 0.111. The van der Waals surface area contributed by atoms with Crippen molar-refractivity contribution in [1.82, 2.24) is 9.97 Å². The zero-order valence-electron chi connectivity index (χ0n) is 13.1. The number of nitrogens with zero attached hydrogens (tertiary/aromatic N) is 2. The van der Waals surface area contributed by atoms with Gasteiger partial charge in [0.2, 0.25) is 0 Å². The highest BCUT2D eigenvalue weighted by Crippen LogP contribution is 2.30. The van der Waals surface area contributed by atoms with Crippen molar-refractivity contribution in [3.8, 4) is 0 Å². The van der Waals surface area contributed by atoms with E-state index in [1.807, 2.05) is 13.0 Å². The Morgan fingerprint density at radius 2 is 2.12 bits per heavy atom. The lowest BCUT2D eigenvalue weighted by molar-refractivity contribution is 0.0605. The maximum atomic E-state index is 12.1. The molecule has 5 nitrogen and oxygen atoms in total. The van der Waals surface area contributed by atoms with Crippen LogP contribution < -0.4 is 0 Å². The zero-order chi connectivity index (χ0) is 17.1. The molecule has 0 bridgehead atoms. The number of hydrogen-bond acceptors (Lipinski definition) is 6. The molecule has 0 saturated heterocycles. The molecule has 0 aliphatic heterocycles. The lowest BCUT2D eigenvalue weighted by Gasteiger charge is -1.97. The molecule has 0 spiro atoms. The van der Waals surface area contributed by atoms with Gasteiger partial charge in [-0.05, 0) is 48.4 Å². The van der Waals surface area contributed by atoms with Crippen molar-refractivity contribution in [2.24, 2.45) is 0 Å². The van der Waals surface area contributed by atoms with Gasteiger partial charge in [-0.15, -0.1) is 11.3 Å². The first kappa shape index (κ1) is 16.0. The van der Waals surface area contributed by atoms with Crippen molar-refractivity contribution in [2.45, 2.75) is 6.92 Å². The second kappa shape index (κ2) is 6.72. The quantitative estimate of drug-likeness (QED) is 0.412. The second-order valence-electron chi connectivity index (χ2n) is 5.11. The molecule has 0 aliphatic rings. The molecule has 0 radical (unpaired) electrons. The molecule has 3 aromatic heterocycles. The number of carbonyl (C=O) groups excluding carboxylic acids is 2. The number of ketones is 1. The Kier molecular flexibility index (Phi) is 4.48. The van der Waals surface area contributed by atoms with Crippen molar-refractivity contribution < 1.29 is 14.3 Å². The molecule has 6 heteroatoms. The summed E-state index contributed by atoms with van der Waals surface area (Å²) in [6, 6.07) is 5.35. The number of hydrogen-bond donors (Lipinski definition) is 0. The number of thiophene rings is 1. The molecular formula is C18H14N2O3S. The van der Waals surface area contributed by atoms with Gasteiger partial charge in [0.15, 0.2) is 5.78 Å². The molecule has 0 N–H and O–H groups in total. The Labute approximate surface area is 142 Å². The standard InChI is InChI=1S/C18H14N2O3S/c1-11-14-8-12(5-6-15(21)13-4-3-7-19-10-13)9-20-17(14)24-16(11)18(22)23-2/h3-10H,1-2H3/b6-5+. The van der Waals surface area contributed by atoms with Gasteiger partial charge in [0, 0.05) is 29.5 Å². The molecule has 3 heterocycles. The van der Waals surface area contributed by atoms with Crippen LogP contribution in [-0.4, -0.2) is 28.8 Å². The fourth-order valence-corrected chi connectivity index (χ4v) is 3.32. The third-order valence-corrected chi connectivity index (χ3v) is 4.76. The van der Waals surface area contributed by atoms with E-state index in [9.17, 15) is 9.59 Å². The van der Waals surface area contributed by atoms with E-state index in [1.165, 1.54) is 30.7 Å². The number of aryl methyl sites for hydroxylation is 1. The van der Waals surface area contributed by atoms with Crippen LogP contribution in [0.25, 0.3) is 16.3 Å². The predicted molar refractivity (Wildman–Crippen MR) is 93.3 cm³/mol. The van der Waals surface area contributed by atoms with Crippen LogP contribution in [0.15, 0.2) is 42.9 Å². The summed E-state index contributed by atoms with van der Waals surface area (Å²) in [7, 11) is 1.36. The van der Waals surface area contributed by atoms with Crippen LogP contribution >= 0.6 is 11.3 Å². The Balaban J connectivity index is 1.91. The van der Waals surface area contributed by atoms with Crippen LogP contribution in [0.3, 0.4) is 0 Å². The highest BCUT2D eigenvalue weighted by atomic mass is 32.1. The van der Waals surface area contributed by atoms with Crippen LogP contribution in [0, 0.1) is 6.92 Å². The number of rotatable bonds is 4. The number of methoxy groups -OCH3 is 1. The largest absolute Gasteiger partial charge is 0.465 e. The summed E-state index contributed by atoms with van der Waals surface area (Å²) in [5.74, 6) is -0.486. The monoisotopic (exact) mass is 338 g/mol. The molecule has 120 valence electrons. The van der Waals surface area contributed by atoms with Crippen molar-refractivity contribution in [3.05, 3.63) is 64.4 Å². The van der Waals surface area contributed by atoms with E-state index in [1.54, 1.807) is 30.6 Å². The number of ether oxygens (including phenoxy) is 1. The van der Waals surface area contributed by atoms with Gasteiger partial charge in [-0.3, -0.25) is 9.78 Å². The van der Waals surface area contributed by atoms with Gasteiger partial charge in [-0.1, -0.05) is 0 Å². The SMILES string of the molecule is COC(=O)c1sc2ncc(/C=C/C(=O)c3cccnc3)cc2c1C. The van der Waals surface area contributed by atoms with E-state index in [2.05, 4.69) is 9.97 Å². The molecule has 24 heavy (non-hydrogen) atoms. The molecule has 3 aromatic rings. The average Bonchev–Trinajstić information content (AvgIpc) is 2.96. The third kappa shape index (κ3) is 3.09. The molecule has 0 amide bonds. The van der Waals surface area contributed by atoms with Crippen LogP contribution in [-0.2, 0) is 4.74 Å². The first-order valence-electron chi connectivity index (χ1n) is 7.20. The molecule has 0 atom stereocenters. The predicted octanol–water partition coefficient (Wildman–Crippen LogP) is 3.68. The average molecular weight is 338 g/mol. The van der Waals surface area contributed by atoms with Gasteiger partial charge in [0.1, 0.15) is 9.71 Å². The summed E-state index contributed by atoms with van der Waals surface area (Å²) < 4.78 is 4.78. The minimum atomic E-state index is -0.362. The minimum Gasteiger partial charge on any atom is -0.465 e. The lowest BCUT2D eigenvalue weighted by Crippen LogP contribution is -1.99. The van der Waals surface area contributed by atoms with Crippen molar-refractivity contribution in [1.29, 1.82) is 0 Å². The molecule has 0 aliphatic carbocycles. The highest BCUT2D eigenvalue weighted by molar-refractivity contribution is 7.20. The Hall–Kier alpha value is -2.86. The smallest absolute Gasteiger partial charge is 0.348 e. The Bertz CT molecular complexity index is 946.